The molecule has 0 aromatic heterocycles. The summed E-state index contributed by atoms with van der Waals surface area (Å²) < 4.78 is 39.9. The molecule has 2 heterocycles. The van der Waals surface area contributed by atoms with Crippen LogP contribution in [-0.4, -0.2) is 44.8 Å². The number of nitrogens with zero attached hydrogens (tertiary/aromatic N) is 2. The van der Waals surface area contributed by atoms with Gasteiger partial charge in [-0.3, -0.25) is 4.79 Å². The van der Waals surface area contributed by atoms with Crippen molar-refractivity contribution in [1.82, 2.24) is 4.31 Å². The average molecular weight is 432 g/mol. The van der Waals surface area contributed by atoms with Gasteiger partial charge in [0.2, 0.25) is 15.9 Å². The highest BCUT2D eigenvalue weighted by molar-refractivity contribution is 7.89. The highest BCUT2D eigenvalue weighted by Crippen LogP contribution is 2.31. The molecule has 0 unspecified atom stereocenters. The van der Waals surface area contributed by atoms with E-state index in [1.165, 1.54) is 27.7 Å². The lowest BCUT2D eigenvalue weighted by Crippen LogP contribution is -2.41. The number of halogens is 1. The number of anilines is 2. The first kappa shape index (κ1) is 20.8. The molecule has 0 saturated carbocycles. The minimum Gasteiger partial charge on any atom is -0.371 e. The number of benzene rings is 2. The van der Waals surface area contributed by atoms with E-state index in [9.17, 15) is 17.6 Å². The quantitative estimate of drug-likeness (QED) is 0.789. The number of carbonyl (C=O) groups excluding carboxylic acids is 1. The fourth-order valence-corrected chi connectivity index (χ4v) is 5.68. The lowest BCUT2D eigenvalue weighted by Gasteiger charge is -2.30. The predicted octanol–water partition coefficient (Wildman–Crippen LogP) is 3.25. The van der Waals surface area contributed by atoms with Crippen molar-refractivity contribution in [3.63, 3.8) is 0 Å². The van der Waals surface area contributed by atoms with Crippen LogP contribution in [0.4, 0.5) is 15.8 Å². The van der Waals surface area contributed by atoms with E-state index < -0.39 is 15.8 Å². The monoisotopic (exact) mass is 431 g/mol. The van der Waals surface area contributed by atoms with Crippen molar-refractivity contribution in [3.05, 3.63) is 53.8 Å². The smallest absolute Gasteiger partial charge is 0.243 e. The van der Waals surface area contributed by atoms with Crippen molar-refractivity contribution in [2.24, 2.45) is 5.92 Å². The van der Waals surface area contributed by atoms with E-state index >= 15 is 0 Å². The number of likely N-dealkylation sites (N-methyl/N-ethyl adjacent to an activating group) is 1. The largest absolute Gasteiger partial charge is 0.371 e. The fourth-order valence-electron chi connectivity index (χ4n) is 4.21. The Bertz CT molecular complexity index is 1030. The summed E-state index contributed by atoms with van der Waals surface area (Å²) in [5.74, 6) is -0.784. The van der Waals surface area contributed by atoms with Gasteiger partial charge in [-0.2, -0.15) is 4.31 Å². The number of rotatable bonds is 5. The molecule has 8 heteroatoms. The molecule has 2 aromatic carbocycles. The van der Waals surface area contributed by atoms with Crippen molar-refractivity contribution < 1.29 is 17.6 Å². The zero-order chi connectivity index (χ0) is 21.3. The number of hydrogen-bond donors (Lipinski definition) is 1. The van der Waals surface area contributed by atoms with E-state index in [2.05, 4.69) is 23.2 Å². The maximum Gasteiger partial charge on any atom is 0.243 e. The summed E-state index contributed by atoms with van der Waals surface area (Å²) in [7, 11) is -3.67. The van der Waals surface area contributed by atoms with E-state index in [1.807, 2.05) is 12.1 Å². The summed E-state index contributed by atoms with van der Waals surface area (Å²) in [5.41, 5.74) is 3.25. The van der Waals surface area contributed by atoms with Crippen LogP contribution in [0.5, 0.6) is 0 Å². The third kappa shape index (κ3) is 4.06. The van der Waals surface area contributed by atoms with Gasteiger partial charge in [0.15, 0.2) is 0 Å². The van der Waals surface area contributed by atoms with E-state index in [0.717, 1.165) is 37.3 Å². The molecule has 0 bridgehead atoms. The number of fused-ring (bicyclic) bond motifs is 1. The maximum atomic E-state index is 13.1. The normalized spacial score (nSPS) is 17.7. The number of piperidine rings is 1. The summed E-state index contributed by atoms with van der Waals surface area (Å²) in [6.45, 7) is 4.60. The van der Waals surface area contributed by atoms with Gasteiger partial charge in [-0.05, 0) is 68.1 Å². The van der Waals surface area contributed by atoms with Gasteiger partial charge >= 0.3 is 0 Å². The molecule has 4 rings (SSSR count). The topological polar surface area (TPSA) is 69.7 Å². The number of amides is 1. The number of sulfonamides is 1. The first-order chi connectivity index (χ1) is 14.4. The Morgan fingerprint density at radius 2 is 1.80 bits per heavy atom. The van der Waals surface area contributed by atoms with Crippen molar-refractivity contribution in [2.45, 2.75) is 31.1 Å². The van der Waals surface area contributed by atoms with Crippen molar-refractivity contribution >= 4 is 27.3 Å². The second-order valence-electron chi connectivity index (χ2n) is 7.79. The first-order valence-corrected chi connectivity index (χ1v) is 11.8. The van der Waals surface area contributed by atoms with Crippen molar-refractivity contribution in [2.75, 3.05) is 36.4 Å². The van der Waals surface area contributed by atoms with E-state index in [0.29, 0.717) is 12.8 Å². The third-order valence-electron chi connectivity index (χ3n) is 6.00. The number of nitrogens with one attached hydrogen (secondary N) is 1. The Kier molecular flexibility index (Phi) is 5.79. The molecule has 0 spiro atoms. The predicted molar refractivity (Wildman–Crippen MR) is 115 cm³/mol. The van der Waals surface area contributed by atoms with Gasteiger partial charge in [-0.25, -0.2) is 12.8 Å². The average Bonchev–Trinajstić information content (AvgIpc) is 3.16. The van der Waals surface area contributed by atoms with Crippen molar-refractivity contribution in [1.29, 1.82) is 0 Å². The summed E-state index contributed by atoms with van der Waals surface area (Å²) in [6, 6.07) is 10.9. The molecule has 1 fully saturated rings. The lowest BCUT2D eigenvalue weighted by molar-refractivity contribution is -0.120. The highest BCUT2D eigenvalue weighted by Gasteiger charge is 2.32. The molecule has 2 aliphatic rings. The van der Waals surface area contributed by atoms with Crippen LogP contribution < -0.4 is 10.2 Å². The molecule has 6 nitrogen and oxygen atoms in total. The molecule has 2 aromatic rings. The van der Waals surface area contributed by atoms with Gasteiger partial charge in [-0.15, -0.1) is 0 Å². The molecule has 0 radical (unpaired) electrons. The van der Waals surface area contributed by atoms with Crippen LogP contribution in [0.25, 0.3) is 0 Å². The molecule has 160 valence electrons. The maximum absolute atomic E-state index is 13.1. The number of carbonyl (C=O) groups is 1. The van der Waals surface area contributed by atoms with Crippen LogP contribution in [-0.2, 0) is 21.2 Å². The zero-order valence-electron chi connectivity index (χ0n) is 17.0. The van der Waals surface area contributed by atoms with Crippen LogP contribution in [0.3, 0.4) is 0 Å². The van der Waals surface area contributed by atoms with Crippen LogP contribution in [0, 0.1) is 11.7 Å². The first-order valence-electron chi connectivity index (χ1n) is 10.3. The third-order valence-corrected chi connectivity index (χ3v) is 7.92. The Balaban J connectivity index is 1.37. The van der Waals surface area contributed by atoms with Crippen LogP contribution in [0.15, 0.2) is 47.4 Å². The number of hydrogen-bond acceptors (Lipinski definition) is 4. The molecule has 1 N–H and O–H groups in total. The van der Waals surface area contributed by atoms with E-state index in [-0.39, 0.29) is 29.8 Å². The van der Waals surface area contributed by atoms with Crippen LogP contribution in [0.1, 0.15) is 25.3 Å². The zero-order valence-corrected chi connectivity index (χ0v) is 17.8. The second kappa shape index (κ2) is 8.35. The molecule has 2 aliphatic heterocycles. The lowest BCUT2D eigenvalue weighted by atomic mass is 9.97. The summed E-state index contributed by atoms with van der Waals surface area (Å²) in [5, 5.41) is 3.00. The molecule has 1 saturated heterocycles. The molecule has 30 heavy (non-hydrogen) atoms. The Morgan fingerprint density at radius 1 is 1.10 bits per heavy atom. The van der Waals surface area contributed by atoms with E-state index in [1.54, 1.807) is 0 Å². The molecule has 0 atom stereocenters. The summed E-state index contributed by atoms with van der Waals surface area (Å²) in [6.07, 6.45) is 1.94. The standard InChI is InChI=1S/C22H26FN3O3S/c1-2-25-12-9-16-3-6-19(15-21(16)25)24-22(27)17-10-13-26(14-11-17)30(28,29)20-7-4-18(23)5-8-20/h3-8,15,17H,2,9-14H2,1H3,(H,24,27). The van der Waals surface area contributed by atoms with Gasteiger partial charge in [-0.1, -0.05) is 6.07 Å². The fraction of sp³-hybridized carbons (Fsp3) is 0.409. The van der Waals surface area contributed by atoms with Crippen molar-refractivity contribution in [3.8, 4) is 0 Å². The van der Waals surface area contributed by atoms with Gasteiger partial charge in [0.05, 0.1) is 4.90 Å². The molecule has 0 aliphatic carbocycles. The Morgan fingerprint density at radius 3 is 2.47 bits per heavy atom. The van der Waals surface area contributed by atoms with Crippen LogP contribution in [0.2, 0.25) is 0 Å². The van der Waals surface area contributed by atoms with Gasteiger partial charge in [0.1, 0.15) is 5.82 Å². The minimum absolute atomic E-state index is 0.0742. The summed E-state index contributed by atoms with van der Waals surface area (Å²) >= 11 is 0. The molecular formula is C22H26FN3O3S. The minimum atomic E-state index is -3.67. The molecule has 1 amide bonds. The van der Waals surface area contributed by atoms with Gasteiger partial charge < -0.3 is 10.2 Å². The Hall–Kier alpha value is -2.45. The van der Waals surface area contributed by atoms with Crippen LogP contribution >= 0.6 is 0 Å². The van der Waals surface area contributed by atoms with Gasteiger partial charge in [0, 0.05) is 43.5 Å². The van der Waals surface area contributed by atoms with Gasteiger partial charge in [0.25, 0.3) is 0 Å². The molecular weight excluding hydrogens is 405 g/mol. The Labute approximate surface area is 176 Å². The van der Waals surface area contributed by atoms with E-state index in [4.69, 9.17) is 0 Å². The highest BCUT2D eigenvalue weighted by atomic mass is 32.2. The summed E-state index contributed by atoms with van der Waals surface area (Å²) in [4.78, 5) is 15.1. The SMILES string of the molecule is CCN1CCc2ccc(NC(=O)C3CCN(S(=O)(=O)c4ccc(F)cc4)CC3)cc21. The second-order valence-corrected chi connectivity index (χ2v) is 9.73.